The fraction of sp³-hybridized carbons (Fsp3) is 0.250. The Morgan fingerprint density at radius 1 is 1.02 bits per heavy atom. The smallest absolute Gasteiger partial charge is 0.328 e. The number of likely N-dealkylation sites (tertiary alicyclic amines) is 1. The van der Waals surface area contributed by atoms with Crippen LogP contribution in [0.2, 0.25) is 5.02 Å². The zero-order chi connectivity index (χ0) is 34.1. The molecule has 3 aromatic carbocycles. The van der Waals surface area contributed by atoms with E-state index in [4.69, 9.17) is 17.3 Å². The number of nitrogens with zero attached hydrogens (tertiary/aromatic N) is 2. The van der Waals surface area contributed by atoms with E-state index in [2.05, 4.69) is 12.0 Å². The zero-order valence-corrected chi connectivity index (χ0v) is 26.2. The fourth-order valence-electron chi connectivity index (χ4n) is 8.38. The van der Waals surface area contributed by atoms with Crippen LogP contribution in [0.5, 0.6) is 5.75 Å². The number of imide groups is 4. The van der Waals surface area contributed by atoms with Crippen molar-refractivity contribution in [1.82, 2.24) is 9.91 Å². The summed E-state index contributed by atoms with van der Waals surface area (Å²) in [6.45, 7) is 3.79. The number of allylic oxidation sites excluding steroid dienone is 3. The Labute approximate surface area is 279 Å². The summed E-state index contributed by atoms with van der Waals surface area (Å²) in [6.07, 6.45) is 3.78. The summed E-state index contributed by atoms with van der Waals surface area (Å²) in [5.41, 5.74) is 8.86. The van der Waals surface area contributed by atoms with Gasteiger partial charge in [0.25, 0.3) is 11.8 Å². The number of phenols is 1. The second-order valence-corrected chi connectivity index (χ2v) is 13.0. The zero-order valence-electron chi connectivity index (χ0n) is 25.4. The van der Waals surface area contributed by atoms with E-state index in [-0.39, 0.29) is 24.3 Å². The SMILES string of the molecule is C=CCc1cccc([C@H]2C3=CC[C@@H]4C(=O)N(C(N)=O)C(=O)[C@@H]4[C@@H]3C[C@H]3C(=O)N(Nc4ccc(F)cc4)C(=O)[C@@]23c2ccc(Cl)cc2)c1O. The van der Waals surface area contributed by atoms with Gasteiger partial charge in [-0.05, 0) is 72.7 Å². The van der Waals surface area contributed by atoms with Crippen LogP contribution in [-0.2, 0) is 31.0 Å². The number of aromatic hydroxyl groups is 1. The molecule has 2 heterocycles. The highest BCUT2D eigenvalue weighted by Crippen LogP contribution is 2.65. The molecule has 10 nitrogen and oxygen atoms in total. The van der Waals surface area contributed by atoms with Gasteiger partial charge in [-0.2, -0.15) is 9.91 Å². The number of hydrogen-bond acceptors (Lipinski definition) is 7. The van der Waals surface area contributed by atoms with Crippen molar-refractivity contribution >= 4 is 46.9 Å². The summed E-state index contributed by atoms with van der Waals surface area (Å²) in [6, 6.07) is 15.7. The van der Waals surface area contributed by atoms with Crippen LogP contribution in [0.4, 0.5) is 14.9 Å². The summed E-state index contributed by atoms with van der Waals surface area (Å²) in [5.74, 6) is -8.09. The van der Waals surface area contributed by atoms with Gasteiger partial charge in [0.05, 0.1) is 28.9 Å². The lowest BCUT2D eigenvalue weighted by Gasteiger charge is -2.50. The molecule has 0 bridgehead atoms. The monoisotopic (exact) mass is 668 g/mol. The molecule has 0 unspecified atom stereocenters. The number of hydrogen-bond donors (Lipinski definition) is 3. The predicted octanol–water partition coefficient (Wildman–Crippen LogP) is 4.98. The first-order valence-electron chi connectivity index (χ1n) is 15.5. The number of benzene rings is 3. The molecule has 244 valence electrons. The first-order valence-corrected chi connectivity index (χ1v) is 15.8. The number of carbonyl (C=O) groups is 5. The molecule has 4 aliphatic rings. The van der Waals surface area contributed by atoms with Crippen LogP contribution in [0, 0.1) is 29.5 Å². The molecule has 3 fully saturated rings. The summed E-state index contributed by atoms with van der Waals surface area (Å²) in [4.78, 5) is 69.4. The van der Waals surface area contributed by atoms with Crippen LogP contribution < -0.4 is 11.2 Å². The van der Waals surface area contributed by atoms with Gasteiger partial charge >= 0.3 is 6.03 Å². The largest absolute Gasteiger partial charge is 0.507 e. The Morgan fingerprint density at radius 3 is 2.40 bits per heavy atom. The van der Waals surface area contributed by atoms with Crippen molar-refractivity contribution in [3.63, 3.8) is 0 Å². The van der Waals surface area contributed by atoms with Crippen LogP contribution in [0.25, 0.3) is 0 Å². The molecule has 2 saturated heterocycles. The van der Waals surface area contributed by atoms with Gasteiger partial charge in [0.2, 0.25) is 11.8 Å². The highest BCUT2D eigenvalue weighted by Gasteiger charge is 2.70. The third-order valence-corrected chi connectivity index (χ3v) is 10.6. The maximum absolute atomic E-state index is 15.1. The first-order chi connectivity index (χ1) is 23.0. The molecule has 6 atom stereocenters. The third-order valence-electron chi connectivity index (χ3n) is 10.3. The molecule has 12 heteroatoms. The van der Waals surface area contributed by atoms with E-state index >= 15 is 4.79 Å². The van der Waals surface area contributed by atoms with E-state index in [0.717, 1.165) is 5.01 Å². The molecule has 2 aliphatic carbocycles. The van der Waals surface area contributed by atoms with Crippen LogP contribution in [-0.4, -0.2) is 44.7 Å². The van der Waals surface area contributed by atoms with Gasteiger partial charge in [-0.1, -0.05) is 59.7 Å². The number of phenolic OH excluding ortho intramolecular Hbond substituents is 1. The maximum atomic E-state index is 15.1. The minimum Gasteiger partial charge on any atom is -0.507 e. The third kappa shape index (κ3) is 4.41. The van der Waals surface area contributed by atoms with Crippen molar-refractivity contribution in [2.45, 2.75) is 30.6 Å². The summed E-state index contributed by atoms with van der Waals surface area (Å²) < 4.78 is 13.8. The van der Waals surface area contributed by atoms with E-state index in [9.17, 15) is 28.7 Å². The molecule has 0 spiro atoms. The number of urea groups is 1. The summed E-state index contributed by atoms with van der Waals surface area (Å²) >= 11 is 6.30. The Kier molecular flexibility index (Phi) is 7.47. The van der Waals surface area contributed by atoms with Gasteiger partial charge in [0.15, 0.2) is 0 Å². The molecule has 48 heavy (non-hydrogen) atoms. The normalized spacial score (nSPS) is 27.7. The van der Waals surface area contributed by atoms with Gasteiger partial charge in [-0.15, -0.1) is 6.58 Å². The number of para-hydroxylation sites is 1. The van der Waals surface area contributed by atoms with Gasteiger partial charge < -0.3 is 10.8 Å². The van der Waals surface area contributed by atoms with Gasteiger partial charge in [-0.25, -0.2) is 9.18 Å². The molecule has 0 radical (unpaired) electrons. The average Bonchev–Trinajstić information content (AvgIpc) is 3.45. The standard InChI is InChI=1S/C36H30ClFN4O6/c1-2-4-18-5-3-6-25(30(18)43)29-23-15-16-24-28(33(46)41(31(24)44)35(39)48)26(23)17-27-32(45)42(40-22-13-11-21(38)12-14-22)34(47)36(27,29)19-7-9-20(37)10-8-19/h2-3,5-15,24,26-29,40,43H,1,4,16-17H2,(H2,39,48)/t24-,26+,27-,28-,29+,36+/m0/s1. The molecule has 6 amide bonds. The maximum Gasteiger partial charge on any atom is 0.328 e. The van der Waals surface area contributed by atoms with E-state index in [1.165, 1.54) is 24.3 Å². The average molecular weight is 669 g/mol. The molecule has 0 aromatic heterocycles. The van der Waals surface area contributed by atoms with Crippen molar-refractivity contribution in [1.29, 1.82) is 0 Å². The minimum atomic E-state index is -1.66. The van der Waals surface area contributed by atoms with Crippen molar-refractivity contribution in [3.8, 4) is 5.75 Å². The predicted molar refractivity (Wildman–Crippen MR) is 172 cm³/mol. The van der Waals surface area contributed by atoms with Crippen LogP contribution in [0.15, 0.2) is 91.0 Å². The first kappa shape index (κ1) is 31.3. The lowest BCUT2D eigenvalue weighted by atomic mass is 9.49. The van der Waals surface area contributed by atoms with Crippen molar-refractivity contribution in [2.24, 2.45) is 29.4 Å². The minimum absolute atomic E-state index is 0.0307. The van der Waals surface area contributed by atoms with E-state index in [0.29, 0.717) is 38.6 Å². The number of halogens is 2. The summed E-state index contributed by atoms with van der Waals surface area (Å²) in [7, 11) is 0. The Balaban J connectivity index is 1.49. The summed E-state index contributed by atoms with van der Waals surface area (Å²) in [5, 5.41) is 13.1. The van der Waals surface area contributed by atoms with Crippen molar-refractivity contribution in [2.75, 3.05) is 5.43 Å². The Morgan fingerprint density at radius 2 is 1.73 bits per heavy atom. The lowest BCUT2D eigenvalue weighted by Crippen LogP contribution is -2.53. The molecule has 1 saturated carbocycles. The van der Waals surface area contributed by atoms with Crippen LogP contribution in [0.3, 0.4) is 0 Å². The van der Waals surface area contributed by atoms with Crippen molar-refractivity contribution in [3.05, 3.63) is 119 Å². The second kappa shape index (κ2) is 11.4. The highest BCUT2D eigenvalue weighted by molar-refractivity contribution is 6.30. The molecular formula is C36H30ClFN4O6. The molecular weight excluding hydrogens is 639 g/mol. The Bertz CT molecular complexity index is 1950. The van der Waals surface area contributed by atoms with E-state index < -0.39 is 70.5 Å². The molecule has 3 aromatic rings. The molecule has 2 aliphatic heterocycles. The number of primary amides is 1. The highest BCUT2D eigenvalue weighted by atomic mass is 35.5. The van der Waals surface area contributed by atoms with Crippen LogP contribution >= 0.6 is 11.6 Å². The van der Waals surface area contributed by atoms with Gasteiger partial charge in [0, 0.05) is 16.5 Å². The molecule has 7 rings (SSSR count). The number of nitrogens with two attached hydrogens (primary N) is 1. The second-order valence-electron chi connectivity index (χ2n) is 12.6. The number of nitrogens with one attached hydrogen (secondary N) is 1. The Hall–Kier alpha value is -5.29. The number of anilines is 1. The quantitative estimate of drug-likeness (QED) is 0.248. The van der Waals surface area contributed by atoms with E-state index in [1.54, 1.807) is 54.6 Å². The van der Waals surface area contributed by atoms with Crippen LogP contribution in [0.1, 0.15) is 35.4 Å². The van der Waals surface area contributed by atoms with Gasteiger partial charge in [-0.3, -0.25) is 24.6 Å². The van der Waals surface area contributed by atoms with Crippen molar-refractivity contribution < 1.29 is 33.5 Å². The number of rotatable bonds is 6. The number of hydrazine groups is 1. The number of amides is 6. The number of carbonyl (C=O) groups excluding carboxylic acids is 5. The van der Waals surface area contributed by atoms with Gasteiger partial charge in [0.1, 0.15) is 11.6 Å². The topological polar surface area (TPSA) is 150 Å². The van der Waals surface area contributed by atoms with E-state index in [1.807, 2.05) is 0 Å². The number of fused-ring (bicyclic) bond motifs is 4. The fourth-order valence-corrected chi connectivity index (χ4v) is 8.51. The lowest BCUT2D eigenvalue weighted by molar-refractivity contribution is -0.139. The molecule has 4 N–H and O–H groups in total.